The van der Waals surface area contributed by atoms with Crippen molar-refractivity contribution < 1.29 is 9.53 Å². The number of pyridine rings is 1. The highest BCUT2D eigenvalue weighted by Gasteiger charge is 2.27. The Morgan fingerprint density at radius 3 is 2.94 bits per heavy atom. The Labute approximate surface area is 109 Å². The van der Waals surface area contributed by atoms with Crippen molar-refractivity contribution in [3.8, 4) is 0 Å². The molecule has 0 bridgehead atoms. The second-order valence-electron chi connectivity index (χ2n) is 3.91. The third-order valence-corrected chi connectivity index (χ3v) is 3.24. The molecule has 17 heavy (non-hydrogen) atoms. The molecule has 0 saturated carbocycles. The number of amides is 1. The molecule has 92 valence electrons. The Bertz CT molecular complexity index is 439. The molecular formula is C11H12Cl2N2O2. The molecule has 6 heteroatoms. The zero-order valence-electron chi connectivity index (χ0n) is 9.24. The van der Waals surface area contributed by atoms with Crippen molar-refractivity contribution in [3.63, 3.8) is 0 Å². The van der Waals surface area contributed by atoms with Gasteiger partial charge in [0.15, 0.2) is 0 Å². The van der Waals surface area contributed by atoms with E-state index in [-0.39, 0.29) is 28.9 Å². The maximum absolute atomic E-state index is 11.9. The van der Waals surface area contributed by atoms with Gasteiger partial charge in [-0.05, 0) is 25.5 Å². The summed E-state index contributed by atoms with van der Waals surface area (Å²) in [5.41, 5.74) is 0.151. The number of nitrogens with one attached hydrogen (secondary N) is 1. The first-order valence-corrected chi connectivity index (χ1v) is 6.08. The van der Waals surface area contributed by atoms with Crippen molar-refractivity contribution in [1.82, 2.24) is 10.3 Å². The molecule has 1 aromatic rings. The first kappa shape index (κ1) is 12.6. The number of aromatic nitrogens is 1. The Kier molecular flexibility index (Phi) is 3.86. The summed E-state index contributed by atoms with van der Waals surface area (Å²) < 4.78 is 5.36. The van der Waals surface area contributed by atoms with Gasteiger partial charge < -0.3 is 10.1 Å². The van der Waals surface area contributed by atoms with Crippen LogP contribution in [0.1, 0.15) is 23.8 Å². The van der Waals surface area contributed by atoms with E-state index in [0.717, 1.165) is 6.42 Å². The van der Waals surface area contributed by atoms with Crippen molar-refractivity contribution in [1.29, 1.82) is 0 Å². The quantitative estimate of drug-likeness (QED) is 0.842. The molecule has 4 nitrogen and oxygen atoms in total. The van der Waals surface area contributed by atoms with E-state index in [2.05, 4.69) is 10.3 Å². The van der Waals surface area contributed by atoms with Gasteiger partial charge in [0.2, 0.25) is 0 Å². The highest BCUT2D eigenvalue weighted by Crippen LogP contribution is 2.18. The Balaban J connectivity index is 2.11. The molecule has 1 aromatic heterocycles. The monoisotopic (exact) mass is 274 g/mol. The number of rotatable bonds is 2. The summed E-state index contributed by atoms with van der Waals surface area (Å²) in [6.07, 6.45) is 0.808. The largest absolute Gasteiger partial charge is 0.376 e. The second-order valence-corrected chi connectivity index (χ2v) is 4.70. The van der Waals surface area contributed by atoms with Crippen LogP contribution in [0.3, 0.4) is 0 Å². The van der Waals surface area contributed by atoms with Crippen LogP contribution < -0.4 is 5.32 Å². The molecule has 1 amide bonds. The predicted octanol–water partition coefficient (Wildman–Crippen LogP) is 2.30. The second kappa shape index (κ2) is 5.21. The predicted molar refractivity (Wildman–Crippen MR) is 65.5 cm³/mol. The van der Waals surface area contributed by atoms with E-state index in [0.29, 0.717) is 11.6 Å². The highest BCUT2D eigenvalue weighted by atomic mass is 35.5. The van der Waals surface area contributed by atoms with Gasteiger partial charge in [-0.3, -0.25) is 4.79 Å². The van der Waals surface area contributed by atoms with Gasteiger partial charge >= 0.3 is 0 Å². The summed E-state index contributed by atoms with van der Waals surface area (Å²) in [5, 5.41) is 3.38. The normalized spacial score (nSPS) is 23.7. The molecule has 1 fully saturated rings. The molecule has 0 aliphatic carbocycles. The minimum Gasteiger partial charge on any atom is -0.376 e. The zero-order chi connectivity index (χ0) is 12.4. The van der Waals surface area contributed by atoms with Crippen LogP contribution in [0.15, 0.2) is 12.1 Å². The Hall–Kier alpha value is -0.840. The van der Waals surface area contributed by atoms with Crippen molar-refractivity contribution in [2.24, 2.45) is 0 Å². The van der Waals surface area contributed by atoms with Crippen LogP contribution in [0.4, 0.5) is 0 Å². The molecule has 0 radical (unpaired) electrons. The maximum Gasteiger partial charge on any atom is 0.271 e. The first-order valence-electron chi connectivity index (χ1n) is 5.32. The number of carbonyl (C=O) groups excluding carboxylic acids is 1. The lowest BCUT2D eigenvalue weighted by Crippen LogP contribution is -2.39. The SMILES string of the molecule is CC1OCCC1NC(=O)c1nc(Cl)ccc1Cl. The van der Waals surface area contributed by atoms with E-state index < -0.39 is 0 Å². The molecule has 1 aliphatic heterocycles. The van der Waals surface area contributed by atoms with Crippen LogP contribution in [-0.4, -0.2) is 29.6 Å². The van der Waals surface area contributed by atoms with E-state index in [9.17, 15) is 4.79 Å². The summed E-state index contributed by atoms with van der Waals surface area (Å²) in [6, 6.07) is 3.10. The molecule has 0 aromatic carbocycles. The van der Waals surface area contributed by atoms with Crippen molar-refractivity contribution in [3.05, 3.63) is 28.0 Å². The fourth-order valence-electron chi connectivity index (χ4n) is 1.74. The van der Waals surface area contributed by atoms with Gasteiger partial charge in [0.25, 0.3) is 5.91 Å². The molecule has 0 spiro atoms. The van der Waals surface area contributed by atoms with Crippen molar-refractivity contribution >= 4 is 29.1 Å². The van der Waals surface area contributed by atoms with Crippen LogP contribution in [0, 0.1) is 0 Å². The summed E-state index contributed by atoms with van der Waals surface area (Å²) in [6.45, 7) is 2.58. The van der Waals surface area contributed by atoms with Crippen LogP contribution in [-0.2, 0) is 4.74 Å². The van der Waals surface area contributed by atoms with E-state index in [1.54, 1.807) is 12.1 Å². The fraction of sp³-hybridized carbons (Fsp3) is 0.455. The lowest BCUT2D eigenvalue weighted by atomic mass is 10.1. The molecular weight excluding hydrogens is 263 g/mol. The average Bonchev–Trinajstić information content (AvgIpc) is 2.68. The van der Waals surface area contributed by atoms with Gasteiger partial charge in [-0.2, -0.15) is 0 Å². The summed E-state index contributed by atoms with van der Waals surface area (Å²) >= 11 is 11.6. The third-order valence-electron chi connectivity index (χ3n) is 2.72. The molecule has 2 heterocycles. The summed E-state index contributed by atoms with van der Waals surface area (Å²) in [4.78, 5) is 15.9. The Morgan fingerprint density at radius 2 is 2.29 bits per heavy atom. The topological polar surface area (TPSA) is 51.2 Å². The number of hydrogen-bond donors (Lipinski definition) is 1. The van der Waals surface area contributed by atoms with Gasteiger partial charge in [-0.25, -0.2) is 4.98 Å². The summed E-state index contributed by atoms with van der Waals surface area (Å²) in [7, 11) is 0. The number of ether oxygens (including phenoxy) is 1. The molecule has 2 atom stereocenters. The number of hydrogen-bond acceptors (Lipinski definition) is 3. The van der Waals surface area contributed by atoms with Crippen LogP contribution in [0.2, 0.25) is 10.2 Å². The minimum atomic E-state index is -0.320. The molecule has 1 N–H and O–H groups in total. The van der Waals surface area contributed by atoms with E-state index in [4.69, 9.17) is 27.9 Å². The van der Waals surface area contributed by atoms with Gasteiger partial charge in [0.1, 0.15) is 10.8 Å². The maximum atomic E-state index is 11.9. The van der Waals surface area contributed by atoms with Gasteiger partial charge in [0, 0.05) is 6.61 Å². The highest BCUT2D eigenvalue weighted by molar-refractivity contribution is 6.34. The fourth-order valence-corrected chi connectivity index (χ4v) is 2.07. The smallest absolute Gasteiger partial charge is 0.271 e. The van der Waals surface area contributed by atoms with Gasteiger partial charge in [-0.1, -0.05) is 23.2 Å². The first-order chi connectivity index (χ1) is 8.08. The van der Waals surface area contributed by atoms with Crippen molar-refractivity contribution in [2.45, 2.75) is 25.5 Å². The molecule has 2 rings (SSSR count). The van der Waals surface area contributed by atoms with E-state index in [1.807, 2.05) is 6.92 Å². The Morgan fingerprint density at radius 1 is 1.53 bits per heavy atom. The standard InChI is InChI=1S/C11H12Cl2N2O2/c1-6-8(4-5-17-6)14-11(16)10-7(12)2-3-9(13)15-10/h2-3,6,8H,4-5H2,1H3,(H,14,16). The number of nitrogens with zero attached hydrogens (tertiary/aromatic N) is 1. The average molecular weight is 275 g/mol. The van der Waals surface area contributed by atoms with Crippen LogP contribution >= 0.6 is 23.2 Å². The van der Waals surface area contributed by atoms with E-state index >= 15 is 0 Å². The minimum absolute atomic E-state index is 0.000603. The molecule has 1 aliphatic rings. The van der Waals surface area contributed by atoms with Gasteiger partial charge in [0.05, 0.1) is 17.2 Å². The molecule has 1 saturated heterocycles. The van der Waals surface area contributed by atoms with E-state index in [1.165, 1.54) is 0 Å². The zero-order valence-corrected chi connectivity index (χ0v) is 10.8. The van der Waals surface area contributed by atoms with Crippen LogP contribution in [0.25, 0.3) is 0 Å². The molecule has 2 unspecified atom stereocenters. The van der Waals surface area contributed by atoms with Crippen LogP contribution in [0.5, 0.6) is 0 Å². The van der Waals surface area contributed by atoms with Crippen molar-refractivity contribution in [2.75, 3.05) is 6.61 Å². The lowest BCUT2D eigenvalue weighted by molar-refractivity contribution is 0.0862. The van der Waals surface area contributed by atoms with Gasteiger partial charge in [-0.15, -0.1) is 0 Å². The summed E-state index contributed by atoms with van der Waals surface area (Å²) in [5.74, 6) is -0.320. The third kappa shape index (κ3) is 2.89. The number of halogens is 2. The number of carbonyl (C=O) groups is 1. The lowest BCUT2D eigenvalue weighted by Gasteiger charge is -2.16.